The van der Waals surface area contributed by atoms with Gasteiger partial charge in [0, 0.05) is 44.5 Å². The number of fused-ring (bicyclic) bond motifs is 1. The number of carbonyl (C=O) groups is 1. The highest BCUT2D eigenvalue weighted by atomic mass is 32.1. The number of aryl methyl sites for hydroxylation is 1. The highest BCUT2D eigenvalue weighted by molar-refractivity contribution is 7.18. The van der Waals surface area contributed by atoms with Crippen LogP contribution < -0.4 is 10.1 Å². The summed E-state index contributed by atoms with van der Waals surface area (Å²) in [5.41, 5.74) is 3.96. The summed E-state index contributed by atoms with van der Waals surface area (Å²) in [6.45, 7) is 5.36. The van der Waals surface area contributed by atoms with E-state index in [2.05, 4.69) is 27.3 Å². The number of carbonyl (C=O) groups excluding carboxylic acids is 1. The topological polar surface area (TPSA) is 77.9 Å². The third-order valence-corrected chi connectivity index (χ3v) is 7.23. The molecule has 2 heterocycles. The van der Waals surface area contributed by atoms with Crippen molar-refractivity contribution in [1.29, 1.82) is 0 Å². The number of benzene rings is 3. The van der Waals surface area contributed by atoms with Crippen LogP contribution in [-0.4, -0.2) is 71.4 Å². The highest BCUT2D eigenvalue weighted by Crippen LogP contribution is 2.26. The quantitative estimate of drug-likeness (QED) is 0.377. The van der Waals surface area contributed by atoms with Gasteiger partial charge in [-0.05, 0) is 42.3 Å². The predicted molar refractivity (Wildman–Crippen MR) is 145 cm³/mol. The molecule has 8 heteroatoms. The minimum atomic E-state index is -0.610. The van der Waals surface area contributed by atoms with Crippen LogP contribution in [-0.2, 0) is 0 Å². The van der Waals surface area contributed by atoms with Gasteiger partial charge in [-0.1, -0.05) is 42.5 Å². The van der Waals surface area contributed by atoms with Crippen LogP contribution in [0.5, 0.6) is 5.75 Å². The standard InChI is InChI=1S/C28H30N4O3S/c1-20-29-26-17-25(11-12-27(26)36-20)35-19-24(33)18-31-13-15-32(16-14-31)28(34)30-23-9-7-22(8-10-23)21-5-3-2-4-6-21/h2-12,17,24,33H,13-16,18-19H2,1H3,(H,30,34)/t24-/m1/s1. The second-order valence-electron chi connectivity index (χ2n) is 8.99. The molecule has 2 amide bonds. The van der Waals surface area contributed by atoms with Crippen LogP contribution in [0.1, 0.15) is 5.01 Å². The zero-order valence-electron chi connectivity index (χ0n) is 20.3. The Kier molecular flexibility index (Phi) is 7.46. The summed E-state index contributed by atoms with van der Waals surface area (Å²) in [4.78, 5) is 21.2. The number of nitrogens with one attached hydrogen (secondary N) is 1. The second kappa shape index (κ2) is 11.1. The molecule has 1 aromatic heterocycles. The lowest BCUT2D eigenvalue weighted by Crippen LogP contribution is -2.51. The Labute approximate surface area is 215 Å². The Morgan fingerprint density at radius 3 is 2.50 bits per heavy atom. The first-order valence-electron chi connectivity index (χ1n) is 12.2. The van der Waals surface area contributed by atoms with Gasteiger partial charge in [0.05, 0.1) is 15.2 Å². The van der Waals surface area contributed by atoms with Gasteiger partial charge in [-0.2, -0.15) is 0 Å². The van der Waals surface area contributed by atoms with Crippen molar-refractivity contribution in [2.75, 3.05) is 44.6 Å². The maximum atomic E-state index is 12.7. The molecule has 2 N–H and O–H groups in total. The Hall–Kier alpha value is -3.46. The number of aliphatic hydroxyl groups is 1. The first-order valence-corrected chi connectivity index (χ1v) is 13.0. The molecular formula is C28H30N4O3S. The van der Waals surface area contributed by atoms with Crippen LogP contribution in [0.2, 0.25) is 0 Å². The number of aliphatic hydroxyl groups excluding tert-OH is 1. The average Bonchev–Trinajstić information content (AvgIpc) is 3.28. The molecule has 1 fully saturated rings. The van der Waals surface area contributed by atoms with E-state index in [0.717, 1.165) is 32.0 Å². The molecule has 36 heavy (non-hydrogen) atoms. The van der Waals surface area contributed by atoms with Crippen LogP contribution >= 0.6 is 11.3 Å². The minimum Gasteiger partial charge on any atom is -0.491 e. The van der Waals surface area contributed by atoms with Crippen LogP contribution in [0.15, 0.2) is 72.8 Å². The predicted octanol–water partition coefficient (Wildman–Crippen LogP) is 4.86. The summed E-state index contributed by atoms with van der Waals surface area (Å²) < 4.78 is 6.93. The molecule has 7 nitrogen and oxygen atoms in total. The van der Waals surface area contributed by atoms with E-state index in [4.69, 9.17) is 4.74 Å². The molecule has 0 unspecified atom stereocenters. The summed E-state index contributed by atoms with van der Waals surface area (Å²) in [6, 6.07) is 23.8. The van der Waals surface area contributed by atoms with Gasteiger partial charge in [-0.15, -0.1) is 11.3 Å². The first-order chi connectivity index (χ1) is 17.5. The highest BCUT2D eigenvalue weighted by Gasteiger charge is 2.23. The third kappa shape index (κ3) is 6.02. The van der Waals surface area contributed by atoms with E-state index in [0.29, 0.717) is 38.5 Å². The molecule has 0 bridgehead atoms. The molecule has 0 aliphatic carbocycles. The molecule has 0 spiro atoms. The number of aromatic nitrogens is 1. The van der Waals surface area contributed by atoms with E-state index >= 15 is 0 Å². The van der Waals surface area contributed by atoms with Crippen molar-refractivity contribution < 1.29 is 14.6 Å². The molecular weight excluding hydrogens is 472 g/mol. The summed E-state index contributed by atoms with van der Waals surface area (Å²) in [5, 5.41) is 14.5. The van der Waals surface area contributed by atoms with Crippen molar-refractivity contribution in [2.45, 2.75) is 13.0 Å². The number of hydrogen-bond donors (Lipinski definition) is 2. The van der Waals surface area contributed by atoms with Crippen LogP contribution in [0.25, 0.3) is 21.3 Å². The van der Waals surface area contributed by atoms with Crippen molar-refractivity contribution in [1.82, 2.24) is 14.8 Å². The second-order valence-corrected chi connectivity index (χ2v) is 10.2. The largest absolute Gasteiger partial charge is 0.491 e. The van der Waals surface area contributed by atoms with Gasteiger partial charge >= 0.3 is 6.03 Å². The number of nitrogens with zero attached hydrogens (tertiary/aromatic N) is 3. The SMILES string of the molecule is Cc1nc2cc(OC[C@H](O)CN3CCN(C(=O)Nc4ccc(-c5ccccc5)cc4)CC3)ccc2s1. The number of rotatable bonds is 7. The number of piperazine rings is 1. The molecule has 1 saturated heterocycles. The normalized spacial score (nSPS) is 15.1. The maximum Gasteiger partial charge on any atom is 0.321 e. The molecule has 1 aliphatic rings. The van der Waals surface area contributed by atoms with Crippen molar-refractivity contribution >= 4 is 33.3 Å². The molecule has 186 valence electrons. The van der Waals surface area contributed by atoms with E-state index in [9.17, 15) is 9.90 Å². The van der Waals surface area contributed by atoms with Gasteiger partial charge in [0.2, 0.25) is 0 Å². The number of anilines is 1. The van der Waals surface area contributed by atoms with Gasteiger partial charge in [0.25, 0.3) is 0 Å². The number of hydrogen-bond acceptors (Lipinski definition) is 6. The lowest BCUT2D eigenvalue weighted by atomic mass is 10.1. The molecule has 0 saturated carbocycles. The first kappa shape index (κ1) is 24.2. The van der Waals surface area contributed by atoms with Crippen molar-refractivity contribution in [3.8, 4) is 16.9 Å². The molecule has 3 aromatic carbocycles. The van der Waals surface area contributed by atoms with E-state index in [1.165, 1.54) is 0 Å². The Balaban J connectivity index is 1.05. The lowest BCUT2D eigenvalue weighted by molar-refractivity contribution is 0.0526. The van der Waals surface area contributed by atoms with Gasteiger partial charge in [0.1, 0.15) is 18.5 Å². The third-order valence-electron chi connectivity index (χ3n) is 6.28. The number of β-amino-alcohol motifs (C(OH)–C–C–N with tert-alkyl or cyclic N) is 1. The number of thiazole rings is 1. The fourth-order valence-corrected chi connectivity index (χ4v) is 5.18. The van der Waals surface area contributed by atoms with Crippen molar-refractivity contribution in [2.24, 2.45) is 0 Å². The van der Waals surface area contributed by atoms with E-state index in [1.54, 1.807) is 11.3 Å². The number of ether oxygens (including phenoxy) is 1. The van der Waals surface area contributed by atoms with Crippen molar-refractivity contribution in [3.05, 3.63) is 77.8 Å². The zero-order chi connectivity index (χ0) is 24.9. The lowest BCUT2D eigenvalue weighted by Gasteiger charge is -2.35. The van der Waals surface area contributed by atoms with Gasteiger partial charge in [-0.3, -0.25) is 4.90 Å². The zero-order valence-corrected chi connectivity index (χ0v) is 21.1. The Morgan fingerprint density at radius 2 is 1.75 bits per heavy atom. The van der Waals surface area contributed by atoms with Crippen molar-refractivity contribution in [3.63, 3.8) is 0 Å². The fraction of sp³-hybridized carbons (Fsp3) is 0.286. The van der Waals surface area contributed by atoms with Gasteiger partial charge < -0.3 is 20.1 Å². The minimum absolute atomic E-state index is 0.0985. The Morgan fingerprint density at radius 1 is 1.03 bits per heavy atom. The van der Waals surface area contributed by atoms with Crippen LogP contribution in [0.3, 0.4) is 0 Å². The number of urea groups is 1. The molecule has 0 radical (unpaired) electrons. The summed E-state index contributed by atoms with van der Waals surface area (Å²) in [6.07, 6.45) is -0.610. The maximum absolute atomic E-state index is 12.7. The van der Waals surface area contributed by atoms with E-state index in [-0.39, 0.29) is 12.6 Å². The summed E-state index contributed by atoms with van der Waals surface area (Å²) in [7, 11) is 0. The monoisotopic (exact) mass is 502 g/mol. The molecule has 1 atom stereocenters. The smallest absolute Gasteiger partial charge is 0.321 e. The van der Waals surface area contributed by atoms with Gasteiger partial charge in [-0.25, -0.2) is 9.78 Å². The number of amides is 2. The summed E-state index contributed by atoms with van der Waals surface area (Å²) >= 11 is 1.66. The van der Waals surface area contributed by atoms with E-state index in [1.807, 2.05) is 72.5 Å². The Bertz CT molecular complexity index is 1300. The average molecular weight is 503 g/mol. The van der Waals surface area contributed by atoms with Crippen LogP contribution in [0, 0.1) is 6.92 Å². The summed E-state index contributed by atoms with van der Waals surface area (Å²) in [5.74, 6) is 0.713. The fourth-order valence-electron chi connectivity index (χ4n) is 4.37. The van der Waals surface area contributed by atoms with Gasteiger partial charge in [0.15, 0.2) is 0 Å². The molecule has 4 aromatic rings. The van der Waals surface area contributed by atoms with E-state index < -0.39 is 6.10 Å². The molecule has 1 aliphatic heterocycles. The van der Waals surface area contributed by atoms with Crippen LogP contribution in [0.4, 0.5) is 10.5 Å². The molecule has 5 rings (SSSR count).